The largest absolute Gasteiger partial charge is 0.458 e. The van der Waals surface area contributed by atoms with Crippen LogP contribution in [-0.4, -0.2) is 12.6 Å². The van der Waals surface area contributed by atoms with Gasteiger partial charge in [-0.2, -0.15) is 0 Å². The van der Waals surface area contributed by atoms with Crippen LogP contribution in [0.5, 0.6) is 0 Å². The van der Waals surface area contributed by atoms with E-state index in [4.69, 9.17) is 39.5 Å². The standard InChI is InChI=1S/C11H9Cl3O2/c1-2-3-4-16-11(15)10-8(13)5-7(12)6-9(10)14/h2-3,5-6H,4H2,1H3. The van der Waals surface area contributed by atoms with Gasteiger partial charge in [-0.05, 0) is 19.1 Å². The maximum absolute atomic E-state index is 11.6. The van der Waals surface area contributed by atoms with Crippen molar-refractivity contribution in [2.24, 2.45) is 0 Å². The van der Waals surface area contributed by atoms with Gasteiger partial charge in [0.25, 0.3) is 0 Å². The molecule has 0 aliphatic rings. The molecule has 1 rings (SSSR count). The Morgan fingerprint density at radius 3 is 2.38 bits per heavy atom. The predicted octanol–water partition coefficient (Wildman–Crippen LogP) is 4.38. The fourth-order valence-corrected chi connectivity index (χ4v) is 2.00. The molecule has 0 unspecified atom stereocenters. The Morgan fingerprint density at radius 2 is 1.88 bits per heavy atom. The summed E-state index contributed by atoms with van der Waals surface area (Å²) < 4.78 is 4.93. The Balaban J connectivity index is 2.91. The molecule has 0 amide bonds. The zero-order valence-corrected chi connectivity index (χ0v) is 10.7. The minimum atomic E-state index is -0.565. The van der Waals surface area contributed by atoms with Gasteiger partial charge in [0.1, 0.15) is 6.61 Å². The van der Waals surface area contributed by atoms with E-state index >= 15 is 0 Å². The van der Waals surface area contributed by atoms with Crippen molar-refractivity contribution < 1.29 is 9.53 Å². The van der Waals surface area contributed by atoms with Crippen molar-refractivity contribution in [1.29, 1.82) is 0 Å². The number of carbonyl (C=O) groups excluding carboxylic acids is 1. The molecule has 86 valence electrons. The molecule has 1 aromatic carbocycles. The fourth-order valence-electron chi connectivity index (χ4n) is 1.03. The van der Waals surface area contributed by atoms with Gasteiger partial charge in [-0.3, -0.25) is 0 Å². The Morgan fingerprint density at radius 1 is 1.31 bits per heavy atom. The summed E-state index contributed by atoms with van der Waals surface area (Å²) in [5, 5.41) is 0.742. The van der Waals surface area contributed by atoms with Crippen LogP contribution in [0, 0.1) is 0 Å². The van der Waals surface area contributed by atoms with Crippen molar-refractivity contribution in [3.8, 4) is 0 Å². The summed E-state index contributed by atoms with van der Waals surface area (Å²) in [6.45, 7) is 2.01. The molecule has 5 heteroatoms. The van der Waals surface area contributed by atoms with Crippen LogP contribution >= 0.6 is 34.8 Å². The van der Waals surface area contributed by atoms with E-state index in [1.54, 1.807) is 12.2 Å². The molecule has 16 heavy (non-hydrogen) atoms. The Bertz CT molecular complexity index is 404. The maximum atomic E-state index is 11.6. The van der Waals surface area contributed by atoms with E-state index in [1.807, 2.05) is 6.92 Å². The molecule has 0 fully saturated rings. The van der Waals surface area contributed by atoms with Crippen molar-refractivity contribution >= 4 is 40.8 Å². The monoisotopic (exact) mass is 278 g/mol. The molecule has 0 aromatic heterocycles. The first-order valence-corrected chi connectivity index (χ1v) is 5.62. The molecule has 0 heterocycles. The van der Waals surface area contributed by atoms with Gasteiger partial charge in [0.05, 0.1) is 15.6 Å². The summed E-state index contributed by atoms with van der Waals surface area (Å²) in [7, 11) is 0. The topological polar surface area (TPSA) is 26.3 Å². The van der Waals surface area contributed by atoms with Crippen molar-refractivity contribution in [3.05, 3.63) is 44.9 Å². The van der Waals surface area contributed by atoms with Crippen molar-refractivity contribution in [2.75, 3.05) is 6.61 Å². The van der Waals surface area contributed by atoms with Crippen LogP contribution in [0.2, 0.25) is 15.1 Å². The third-order valence-electron chi connectivity index (χ3n) is 1.76. The van der Waals surface area contributed by atoms with Gasteiger partial charge in [0.15, 0.2) is 0 Å². The molecular formula is C11H9Cl3O2. The van der Waals surface area contributed by atoms with Crippen molar-refractivity contribution in [3.63, 3.8) is 0 Å². The van der Waals surface area contributed by atoms with E-state index < -0.39 is 5.97 Å². The number of benzene rings is 1. The van der Waals surface area contributed by atoms with E-state index in [1.165, 1.54) is 12.1 Å². The summed E-state index contributed by atoms with van der Waals surface area (Å²) in [6, 6.07) is 2.89. The zero-order chi connectivity index (χ0) is 12.1. The molecule has 0 radical (unpaired) electrons. The highest BCUT2D eigenvalue weighted by Crippen LogP contribution is 2.29. The summed E-state index contributed by atoms with van der Waals surface area (Å²) in [5.74, 6) is -0.565. The number of ether oxygens (including phenoxy) is 1. The van der Waals surface area contributed by atoms with Crippen LogP contribution in [0.25, 0.3) is 0 Å². The molecule has 1 aromatic rings. The van der Waals surface area contributed by atoms with E-state index in [0.717, 1.165) is 0 Å². The molecule has 0 N–H and O–H groups in total. The molecule has 2 nitrogen and oxygen atoms in total. The van der Waals surface area contributed by atoms with E-state index in [-0.39, 0.29) is 22.2 Å². The summed E-state index contributed by atoms with van der Waals surface area (Å²) >= 11 is 17.4. The van der Waals surface area contributed by atoms with Crippen LogP contribution in [-0.2, 0) is 4.74 Å². The number of carbonyl (C=O) groups is 1. The van der Waals surface area contributed by atoms with Gasteiger partial charge < -0.3 is 4.74 Å². The first-order valence-electron chi connectivity index (χ1n) is 4.49. The quantitative estimate of drug-likeness (QED) is 0.606. The summed E-state index contributed by atoms with van der Waals surface area (Å²) in [5.41, 5.74) is 0.136. The van der Waals surface area contributed by atoms with Gasteiger partial charge in [-0.15, -0.1) is 0 Å². The lowest BCUT2D eigenvalue weighted by atomic mass is 10.2. The third kappa shape index (κ3) is 3.41. The Hall–Kier alpha value is -0.700. The summed E-state index contributed by atoms with van der Waals surface area (Å²) in [4.78, 5) is 11.6. The first-order chi connectivity index (χ1) is 7.56. The minimum absolute atomic E-state index is 0.136. The second-order valence-electron chi connectivity index (χ2n) is 2.91. The Labute approximate surface area is 109 Å². The number of rotatable bonds is 3. The van der Waals surface area contributed by atoms with Gasteiger partial charge in [0, 0.05) is 5.02 Å². The number of hydrogen-bond donors (Lipinski definition) is 0. The number of allylic oxidation sites excluding steroid dienone is 1. The lowest BCUT2D eigenvalue weighted by molar-refractivity contribution is 0.0550. The van der Waals surface area contributed by atoms with Crippen LogP contribution < -0.4 is 0 Å². The number of hydrogen-bond acceptors (Lipinski definition) is 2. The number of esters is 1. The van der Waals surface area contributed by atoms with Gasteiger partial charge in [-0.1, -0.05) is 47.0 Å². The van der Waals surface area contributed by atoms with Crippen LogP contribution in [0.1, 0.15) is 17.3 Å². The lowest BCUT2D eigenvalue weighted by Gasteiger charge is -2.06. The first kappa shape index (κ1) is 13.4. The van der Waals surface area contributed by atoms with Crippen molar-refractivity contribution in [1.82, 2.24) is 0 Å². The fraction of sp³-hybridized carbons (Fsp3) is 0.182. The average Bonchev–Trinajstić information content (AvgIpc) is 2.16. The molecule has 0 aliphatic heterocycles. The molecular weight excluding hydrogens is 270 g/mol. The smallest absolute Gasteiger partial charge is 0.341 e. The second kappa shape index (κ2) is 6.14. The minimum Gasteiger partial charge on any atom is -0.458 e. The molecule has 0 spiro atoms. The van der Waals surface area contributed by atoms with Crippen molar-refractivity contribution in [2.45, 2.75) is 6.92 Å². The van der Waals surface area contributed by atoms with Crippen LogP contribution in [0.3, 0.4) is 0 Å². The van der Waals surface area contributed by atoms with Crippen LogP contribution in [0.4, 0.5) is 0 Å². The van der Waals surface area contributed by atoms with Gasteiger partial charge in [0.2, 0.25) is 0 Å². The lowest BCUT2D eigenvalue weighted by Crippen LogP contribution is -2.06. The molecule has 0 atom stereocenters. The highest BCUT2D eigenvalue weighted by atomic mass is 35.5. The average molecular weight is 280 g/mol. The van der Waals surface area contributed by atoms with E-state index in [0.29, 0.717) is 5.02 Å². The highest BCUT2D eigenvalue weighted by molar-refractivity contribution is 6.41. The molecule has 0 aliphatic carbocycles. The second-order valence-corrected chi connectivity index (χ2v) is 4.16. The number of halogens is 3. The molecule has 0 saturated heterocycles. The third-order valence-corrected chi connectivity index (χ3v) is 2.57. The zero-order valence-electron chi connectivity index (χ0n) is 8.47. The maximum Gasteiger partial charge on any atom is 0.341 e. The summed E-state index contributed by atoms with van der Waals surface area (Å²) in [6.07, 6.45) is 3.48. The normalized spacial score (nSPS) is 10.8. The molecule has 0 saturated carbocycles. The SMILES string of the molecule is CC=CCOC(=O)c1c(Cl)cc(Cl)cc1Cl. The Kier molecular flexibility index (Phi) is 5.13. The predicted molar refractivity (Wildman–Crippen MR) is 66.6 cm³/mol. The van der Waals surface area contributed by atoms with Gasteiger partial charge >= 0.3 is 5.97 Å². The molecule has 0 bridgehead atoms. The highest BCUT2D eigenvalue weighted by Gasteiger charge is 2.16. The van der Waals surface area contributed by atoms with E-state index in [2.05, 4.69) is 0 Å². The van der Waals surface area contributed by atoms with Gasteiger partial charge in [-0.25, -0.2) is 4.79 Å². The van der Waals surface area contributed by atoms with Crippen LogP contribution in [0.15, 0.2) is 24.3 Å². The van der Waals surface area contributed by atoms with E-state index in [9.17, 15) is 4.79 Å².